The first-order valence-electron chi connectivity index (χ1n) is 10.0. The van der Waals surface area contributed by atoms with Crippen LogP contribution < -0.4 is 0 Å². The molecule has 1 aromatic rings. The predicted octanol–water partition coefficient (Wildman–Crippen LogP) is 3.15. The quantitative estimate of drug-likeness (QED) is 0.465. The molecule has 0 N–H and O–H groups in total. The van der Waals surface area contributed by atoms with Crippen molar-refractivity contribution in [2.75, 3.05) is 32.8 Å². The first-order valence-corrected chi connectivity index (χ1v) is 11.5. The largest absolute Gasteiger partial charge is 0.379 e. The fourth-order valence-corrected chi connectivity index (χ4v) is 4.51. The van der Waals surface area contributed by atoms with Gasteiger partial charge in [-0.2, -0.15) is 4.31 Å². The van der Waals surface area contributed by atoms with Crippen LogP contribution in [0.15, 0.2) is 35.2 Å². The van der Waals surface area contributed by atoms with Gasteiger partial charge in [-0.3, -0.25) is 4.79 Å². The molecule has 0 saturated carbocycles. The van der Waals surface area contributed by atoms with E-state index in [0.29, 0.717) is 26.3 Å². The van der Waals surface area contributed by atoms with Gasteiger partial charge in [-0.25, -0.2) is 8.42 Å². The van der Waals surface area contributed by atoms with E-state index in [1.807, 2.05) is 18.7 Å². The van der Waals surface area contributed by atoms with Crippen LogP contribution in [0.3, 0.4) is 0 Å². The summed E-state index contributed by atoms with van der Waals surface area (Å²) < 4.78 is 32.0. The highest BCUT2D eigenvalue weighted by Crippen LogP contribution is 2.18. The second-order valence-corrected chi connectivity index (χ2v) is 9.19. The number of ether oxygens (including phenoxy) is 1. The van der Waals surface area contributed by atoms with E-state index in [1.54, 1.807) is 36.4 Å². The number of amides is 1. The maximum Gasteiger partial charge on any atom is 0.246 e. The summed E-state index contributed by atoms with van der Waals surface area (Å²) in [6.07, 6.45) is 6.54. The molecule has 1 aromatic carbocycles. The highest BCUT2D eigenvalue weighted by atomic mass is 32.2. The zero-order valence-electron chi connectivity index (χ0n) is 17.1. The molecule has 6 nitrogen and oxygen atoms in total. The molecule has 156 valence electrons. The van der Waals surface area contributed by atoms with E-state index in [2.05, 4.69) is 6.92 Å². The minimum Gasteiger partial charge on any atom is -0.379 e. The molecule has 1 fully saturated rings. The van der Waals surface area contributed by atoms with Crippen LogP contribution in [0, 0.1) is 0 Å². The molecule has 0 spiro atoms. The van der Waals surface area contributed by atoms with Gasteiger partial charge in [0.25, 0.3) is 0 Å². The molecule has 2 rings (SSSR count). The molecule has 0 radical (unpaired) electrons. The standard InChI is InChI=1S/C21H32N2O4S/c1-4-5-6-13-23(18(2)3)21(24)12-9-19-7-10-20(11-8-19)28(25,26)22-14-16-27-17-15-22/h7-12,18H,4-6,13-17H2,1-3H3/b12-9+. The van der Waals surface area contributed by atoms with Gasteiger partial charge < -0.3 is 9.64 Å². The maximum atomic E-state index is 12.6. The Morgan fingerprint density at radius 2 is 1.82 bits per heavy atom. The highest BCUT2D eigenvalue weighted by Gasteiger charge is 2.26. The van der Waals surface area contributed by atoms with Gasteiger partial charge in [-0.05, 0) is 44.0 Å². The summed E-state index contributed by atoms with van der Waals surface area (Å²) >= 11 is 0. The number of benzene rings is 1. The molecular weight excluding hydrogens is 376 g/mol. The van der Waals surface area contributed by atoms with E-state index in [9.17, 15) is 13.2 Å². The van der Waals surface area contributed by atoms with Gasteiger partial charge in [-0.15, -0.1) is 0 Å². The van der Waals surface area contributed by atoms with Gasteiger partial charge in [0.1, 0.15) is 0 Å². The van der Waals surface area contributed by atoms with Crippen molar-refractivity contribution in [2.24, 2.45) is 0 Å². The fraction of sp³-hybridized carbons (Fsp3) is 0.571. The molecular formula is C21H32N2O4S. The van der Waals surface area contributed by atoms with Crippen LogP contribution in [-0.2, 0) is 19.6 Å². The number of nitrogens with zero attached hydrogens (tertiary/aromatic N) is 2. The molecule has 28 heavy (non-hydrogen) atoms. The summed E-state index contributed by atoms with van der Waals surface area (Å²) in [5.74, 6) is -0.0175. The van der Waals surface area contributed by atoms with E-state index in [1.165, 1.54) is 4.31 Å². The van der Waals surface area contributed by atoms with Crippen molar-refractivity contribution < 1.29 is 17.9 Å². The van der Waals surface area contributed by atoms with Gasteiger partial charge >= 0.3 is 0 Å². The average Bonchev–Trinajstić information content (AvgIpc) is 2.70. The van der Waals surface area contributed by atoms with Crippen LogP contribution in [0.25, 0.3) is 6.08 Å². The smallest absolute Gasteiger partial charge is 0.246 e. The van der Waals surface area contributed by atoms with Crippen molar-refractivity contribution in [3.8, 4) is 0 Å². The van der Waals surface area contributed by atoms with Gasteiger partial charge in [0.2, 0.25) is 15.9 Å². The maximum absolute atomic E-state index is 12.6. The van der Waals surface area contributed by atoms with Crippen molar-refractivity contribution in [3.63, 3.8) is 0 Å². The van der Waals surface area contributed by atoms with Gasteiger partial charge in [0.05, 0.1) is 18.1 Å². The summed E-state index contributed by atoms with van der Waals surface area (Å²) in [6.45, 7) is 8.53. The van der Waals surface area contributed by atoms with Crippen molar-refractivity contribution in [2.45, 2.75) is 51.0 Å². The van der Waals surface area contributed by atoms with E-state index in [-0.39, 0.29) is 16.8 Å². The Hall–Kier alpha value is -1.70. The van der Waals surface area contributed by atoms with Crippen molar-refractivity contribution in [1.29, 1.82) is 0 Å². The predicted molar refractivity (Wildman–Crippen MR) is 111 cm³/mol. The number of hydrogen-bond donors (Lipinski definition) is 0. The lowest BCUT2D eigenvalue weighted by Gasteiger charge is -2.26. The van der Waals surface area contributed by atoms with Gasteiger partial charge in [-0.1, -0.05) is 31.9 Å². The average molecular weight is 409 g/mol. The van der Waals surface area contributed by atoms with Crippen LogP contribution in [0.1, 0.15) is 45.6 Å². The molecule has 1 saturated heterocycles. The number of sulfonamides is 1. The third-order valence-electron chi connectivity index (χ3n) is 4.82. The molecule has 0 aliphatic carbocycles. The third kappa shape index (κ3) is 6.15. The zero-order chi connectivity index (χ0) is 20.6. The van der Waals surface area contributed by atoms with Crippen LogP contribution in [-0.4, -0.2) is 62.4 Å². The van der Waals surface area contributed by atoms with E-state index < -0.39 is 10.0 Å². The SMILES string of the molecule is CCCCCN(C(=O)/C=C/c1ccc(S(=O)(=O)N2CCOCC2)cc1)C(C)C. The minimum atomic E-state index is -3.49. The van der Waals surface area contributed by atoms with Crippen LogP contribution in [0.2, 0.25) is 0 Å². The van der Waals surface area contributed by atoms with E-state index in [0.717, 1.165) is 31.4 Å². The van der Waals surface area contributed by atoms with Crippen molar-refractivity contribution >= 4 is 22.0 Å². The Kier molecular flexibility index (Phi) is 8.66. The third-order valence-corrected chi connectivity index (χ3v) is 6.73. The number of hydrogen-bond acceptors (Lipinski definition) is 4. The second kappa shape index (κ2) is 10.7. The topological polar surface area (TPSA) is 66.9 Å². The Balaban J connectivity index is 2.03. The number of carbonyl (C=O) groups excluding carboxylic acids is 1. The van der Waals surface area contributed by atoms with Crippen LogP contribution in [0.4, 0.5) is 0 Å². The summed E-state index contributed by atoms with van der Waals surface area (Å²) in [5, 5.41) is 0. The van der Waals surface area contributed by atoms with Gasteiger partial charge in [0, 0.05) is 31.8 Å². The monoisotopic (exact) mass is 408 g/mol. The molecule has 0 unspecified atom stereocenters. The van der Waals surface area contributed by atoms with Crippen molar-refractivity contribution in [3.05, 3.63) is 35.9 Å². The summed E-state index contributed by atoms with van der Waals surface area (Å²) in [6, 6.07) is 6.80. The minimum absolute atomic E-state index is 0.0175. The molecule has 7 heteroatoms. The molecule has 1 aliphatic heterocycles. The van der Waals surface area contributed by atoms with E-state index in [4.69, 9.17) is 4.74 Å². The number of rotatable bonds is 9. The Morgan fingerprint density at radius 1 is 1.18 bits per heavy atom. The molecule has 0 atom stereocenters. The fourth-order valence-electron chi connectivity index (χ4n) is 3.11. The van der Waals surface area contributed by atoms with Crippen molar-refractivity contribution in [1.82, 2.24) is 9.21 Å². The van der Waals surface area contributed by atoms with Crippen LogP contribution in [0.5, 0.6) is 0 Å². The lowest BCUT2D eigenvalue weighted by Crippen LogP contribution is -2.40. The summed E-state index contributed by atoms with van der Waals surface area (Å²) in [7, 11) is -3.49. The number of unbranched alkanes of at least 4 members (excludes halogenated alkanes) is 2. The first kappa shape index (κ1) is 22.6. The number of carbonyl (C=O) groups is 1. The van der Waals surface area contributed by atoms with Crippen LogP contribution >= 0.6 is 0 Å². The Morgan fingerprint density at radius 3 is 2.39 bits per heavy atom. The molecule has 1 heterocycles. The zero-order valence-corrected chi connectivity index (χ0v) is 18.0. The van der Waals surface area contributed by atoms with E-state index >= 15 is 0 Å². The number of morpholine rings is 1. The molecule has 0 bridgehead atoms. The van der Waals surface area contributed by atoms with Gasteiger partial charge in [0.15, 0.2) is 0 Å². The lowest BCUT2D eigenvalue weighted by atomic mass is 10.2. The molecule has 1 amide bonds. The second-order valence-electron chi connectivity index (χ2n) is 7.25. The Bertz CT molecular complexity index is 751. The summed E-state index contributed by atoms with van der Waals surface area (Å²) in [5.41, 5.74) is 0.798. The molecule has 0 aromatic heterocycles. The molecule has 1 aliphatic rings. The Labute approximate surface area is 169 Å². The highest BCUT2D eigenvalue weighted by molar-refractivity contribution is 7.89. The lowest BCUT2D eigenvalue weighted by molar-refractivity contribution is -0.127. The first-order chi connectivity index (χ1) is 13.4. The summed E-state index contributed by atoms with van der Waals surface area (Å²) in [4.78, 5) is 14.6. The normalized spacial score (nSPS) is 16.0.